The van der Waals surface area contributed by atoms with Gasteiger partial charge < -0.3 is 24.8 Å². The van der Waals surface area contributed by atoms with Gasteiger partial charge in [-0.2, -0.15) is 0 Å². The predicted octanol–water partition coefficient (Wildman–Crippen LogP) is 4.89. The number of nitrogens with one attached hydrogen (secondary N) is 2. The molecule has 2 N–H and O–H groups in total. The van der Waals surface area contributed by atoms with E-state index >= 15 is 0 Å². The van der Waals surface area contributed by atoms with Crippen LogP contribution in [-0.2, 0) is 9.53 Å². The van der Waals surface area contributed by atoms with Crippen molar-refractivity contribution in [1.29, 1.82) is 0 Å². The van der Waals surface area contributed by atoms with Crippen LogP contribution in [0.4, 0.5) is 5.69 Å². The number of carbonyl (C=O) groups is 2. The number of methoxy groups -OCH3 is 1. The number of para-hydroxylation sites is 1. The van der Waals surface area contributed by atoms with Gasteiger partial charge in [0.15, 0.2) is 5.11 Å². The Morgan fingerprint density at radius 1 is 1.03 bits per heavy atom. The van der Waals surface area contributed by atoms with Gasteiger partial charge in [-0.15, -0.1) is 0 Å². The molecule has 0 radical (unpaired) electrons. The van der Waals surface area contributed by atoms with E-state index in [0.717, 1.165) is 34.0 Å². The Morgan fingerprint density at radius 3 is 2.51 bits per heavy atom. The average molecular weight is 540 g/mol. The Kier molecular flexibility index (Phi) is 7.42. The molecule has 2 aromatic heterocycles. The van der Waals surface area contributed by atoms with E-state index in [9.17, 15) is 9.59 Å². The molecule has 8 nitrogen and oxygen atoms in total. The van der Waals surface area contributed by atoms with Crippen molar-refractivity contribution in [3.05, 3.63) is 113 Å². The fraction of sp³-hybridized carbons (Fsp3) is 0.200. The van der Waals surface area contributed by atoms with E-state index < -0.39 is 5.97 Å². The first-order valence-electron chi connectivity index (χ1n) is 12.6. The minimum atomic E-state index is -0.393. The number of pyridine rings is 1. The summed E-state index contributed by atoms with van der Waals surface area (Å²) in [6.45, 7) is 4.12. The molecular weight excluding hydrogens is 510 g/mol. The van der Waals surface area contributed by atoms with Crippen LogP contribution in [0.3, 0.4) is 0 Å². The minimum Gasteiger partial charge on any atom is -0.465 e. The number of nitrogens with zero attached hydrogens (tertiary/aromatic N) is 3. The highest BCUT2D eigenvalue weighted by atomic mass is 32.1. The largest absolute Gasteiger partial charge is 0.465 e. The Labute approximate surface area is 232 Å². The summed E-state index contributed by atoms with van der Waals surface area (Å²) < 4.78 is 7.02. The van der Waals surface area contributed by atoms with Crippen molar-refractivity contribution in [2.75, 3.05) is 19.0 Å². The summed E-state index contributed by atoms with van der Waals surface area (Å²) in [7, 11) is 1.37. The highest BCUT2D eigenvalue weighted by molar-refractivity contribution is 7.80. The third-order valence-electron chi connectivity index (χ3n) is 6.88. The lowest BCUT2D eigenvalue weighted by atomic mass is 9.96. The van der Waals surface area contributed by atoms with Gasteiger partial charge in [0.1, 0.15) is 6.54 Å². The monoisotopic (exact) mass is 539 g/mol. The molecule has 1 fully saturated rings. The van der Waals surface area contributed by atoms with E-state index in [0.29, 0.717) is 10.7 Å². The van der Waals surface area contributed by atoms with E-state index in [1.807, 2.05) is 85.5 Å². The van der Waals surface area contributed by atoms with E-state index in [4.69, 9.17) is 17.0 Å². The molecule has 1 saturated heterocycles. The van der Waals surface area contributed by atoms with E-state index in [-0.39, 0.29) is 24.5 Å². The van der Waals surface area contributed by atoms with Crippen molar-refractivity contribution in [3.63, 3.8) is 0 Å². The molecule has 0 saturated carbocycles. The number of hydrogen-bond donors (Lipinski definition) is 2. The lowest BCUT2D eigenvalue weighted by molar-refractivity contribution is -0.116. The molecule has 1 aliphatic heterocycles. The zero-order valence-corrected chi connectivity index (χ0v) is 22.7. The maximum Gasteiger partial charge on any atom is 0.337 e. The van der Waals surface area contributed by atoms with E-state index in [2.05, 4.69) is 26.3 Å². The number of amides is 1. The number of rotatable bonds is 7. The van der Waals surface area contributed by atoms with Crippen LogP contribution in [0.15, 0.2) is 85.1 Å². The first-order chi connectivity index (χ1) is 18.9. The van der Waals surface area contributed by atoms with Gasteiger partial charge in [0, 0.05) is 29.0 Å². The topological polar surface area (TPSA) is 88.5 Å². The first-order valence-corrected chi connectivity index (χ1v) is 13.0. The van der Waals surface area contributed by atoms with Crippen LogP contribution in [0, 0.1) is 13.8 Å². The SMILES string of the molecule is COC(=O)c1cccc(-n2c(C)cc([C@@H]3[C@H](c4ccccn4)NC(=S)N3CC(=O)Nc3ccccc3)c2C)c1. The van der Waals surface area contributed by atoms with Crippen LogP contribution in [0.5, 0.6) is 0 Å². The quantitative estimate of drug-likeness (QED) is 0.255. The van der Waals surface area contributed by atoms with Crippen LogP contribution in [-0.4, -0.2) is 45.1 Å². The maximum atomic E-state index is 13.1. The summed E-state index contributed by atoms with van der Waals surface area (Å²) in [5.41, 5.74) is 5.83. The first kappa shape index (κ1) is 26.1. The number of thiocarbonyl (C=S) groups is 1. The fourth-order valence-corrected chi connectivity index (χ4v) is 5.47. The van der Waals surface area contributed by atoms with Crippen LogP contribution in [0.1, 0.15) is 45.1 Å². The van der Waals surface area contributed by atoms with Crippen LogP contribution < -0.4 is 10.6 Å². The molecule has 4 aromatic rings. The van der Waals surface area contributed by atoms with Gasteiger partial charge >= 0.3 is 5.97 Å². The summed E-state index contributed by atoms with van der Waals surface area (Å²) in [5, 5.41) is 6.86. The van der Waals surface area contributed by atoms with Gasteiger partial charge in [0.2, 0.25) is 5.91 Å². The summed E-state index contributed by atoms with van der Waals surface area (Å²) in [6, 6.07) is 24.0. The Balaban J connectivity index is 1.54. The molecule has 2 atom stereocenters. The molecule has 3 heterocycles. The number of carbonyl (C=O) groups excluding carboxylic acids is 2. The lowest BCUT2D eigenvalue weighted by Crippen LogP contribution is -2.37. The maximum absolute atomic E-state index is 13.1. The second kappa shape index (κ2) is 11.1. The summed E-state index contributed by atoms with van der Waals surface area (Å²) in [4.78, 5) is 31.8. The molecule has 0 unspecified atom stereocenters. The van der Waals surface area contributed by atoms with Crippen LogP contribution >= 0.6 is 12.2 Å². The minimum absolute atomic E-state index is 0.0657. The molecule has 0 bridgehead atoms. The van der Waals surface area contributed by atoms with Crippen molar-refractivity contribution >= 4 is 34.9 Å². The van der Waals surface area contributed by atoms with Gasteiger partial charge in [0.05, 0.1) is 30.5 Å². The van der Waals surface area contributed by atoms with Gasteiger partial charge in [-0.3, -0.25) is 9.78 Å². The number of esters is 1. The number of benzene rings is 2. The number of aryl methyl sites for hydroxylation is 1. The van der Waals surface area contributed by atoms with Crippen molar-refractivity contribution in [2.45, 2.75) is 25.9 Å². The van der Waals surface area contributed by atoms with E-state index in [1.165, 1.54) is 7.11 Å². The second-order valence-corrected chi connectivity index (χ2v) is 9.76. The van der Waals surface area contributed by atoms with Crippen LogP contribution in [0.25, 0.3) is 5.69 Å². The van der Waals surface area contributed by atoms with E-state index in [1.54, 1.807) is 12.3 Å². The lowest BCUT2D eigenvalue weighted by Gasteiger charge is -2.27. The summed E-state index contributed by atoms with van der Waals surface area (Å²) in [6.07, 6.45) is 1.75. The highest BCUT2D eigenvalue weighted by Gasteiger charge is 2.42. The molecule has 9 heteroatoms. The molecule has 5 rings (SSSR count). The smallest absolute Gasteiger partial charge is 0.337 e. The average Bonchev–Trinajstić information content (AvgIpc) is 3.43. The third kappa shape index (κ3) is 5.26. The molecule has 0 aliphatic carbocycles. The molecular formula is C30H29N5O3S. The van der Waals surface area contributed by atoms with Crippen molar-refractivity contribution in [3.8, 4) is 5.69 Å². The van der Waals surface area contributed by atoms with Gasteiger partial charge in [-0.05, 0) is 80.2 Å². The fourth-order valence-electron chi connectivity index (χ4n) is 5.17. The normalized spacial score (nSPS) is 16.6. The molecule has 2 aromatic carbocycles. The predicted molar refractivity (Wildman–Crippen MR) is 154 cm³/mol. The van der Waals surface area contributed by atoms with Crippen molar-refractivity contribution in [1.82, 2.24) is 19.8 Å². The Bertz CT molecular complexity index is 1520. The Hall–Kier alpha value is -4.50. The summed E-state index contributed by atoms with van der Waals surface area (Å²) >= 11 is 5.76. The number of hydrogen-bond acceptors (Lipinski definition) is 5. The highest BCUT2D eigenvalue weighted by Crippen LogP contribution is 2.41. The second-order valence-electron chi connectivity index (χ2n) is 9.37. The van der Waals surface area contributed by atoms with Crippen LogP contribution in [0.2, 0.25) is 0 Å². The van der Waals surface area contributed by atoms with Gasteiger partial charge in [-0.25, -0.2) is 4.79 Å². The number of anilines is 1. The zero-order valence-electron chi connectivity index (χ0n) is 21.9. The Morgan fingerprint density at radius 2 is 1.79 bits per heavy atom. The third-order valence-corrected chi connectivity index (χ3v) is 7.24. The summed E-state index contributed by atoms with van der Waals surface area (Å²) in [5.74, 6) is -0.563. The molecule has 1 aliphatic rings. The van der Waals surface area contributed by atoms with Crippen molar-refractivity contribution in [2.24, 2.45) is 0 Å². The molecule has 198 valence electrons. The zero-order chi connectivity index (χ0) is 27.5. The number of ether oxygens (including phenoxy) is 1. The molecule has 0 spiro atoms. The van der Waals surface area contributed by atoms with Gasteiger partial charge in [0.25, 0.3) is 0 Å². The van der Waals surface area contributed by atoms with Gasteiger partial charge in [-0.1, -0.05) is 30.3 Å². The van der Waals surface area contributed by atoms with Crippen molar-refractivity contribution < 1.29 is 14.3 Å². The molecule has 1 amide bonds. The standard InChI is InChI=1S/C30H29N5O3S/c1-19-16-24(20(2)35(19)23-13-9-10-21(17-23)29(37)38-3)28-27(25-14-7-8-15-31-25)33-30(39)34(28)18-26(36)32-22-11-5-4-6-12-22/h4-17,27-28H,18H2,1-3H3,(H,32,36)(H,33,39)/t27-,28+/m0/s1. The molecule has 39 heavy (non-hydrogen) atoms. The number of aromatic nitrogens is 2.